The van der Waals surface area contributed by atoms with Crippen molar-refractivity contribution in [1.29, 1.82) is 0 Å². The van der Waals surface area contributed by atoms with E-state index >= 15 is 0 Å². The SMILES string of the molecule is COc1nc(OC)c2ccc(-c3ccccc3)c-2[nH]1. The summed E-state index contributed by atoms with van der Waals surface area (Å²) >= 11 is 0. The van der Waals surface area contributed by atoms with E-state index in [4.69, 9.17) is 9.47 Å². The molecule has 0 saturated carbocycles. The zero-order valence-corrected chi connectivity index (χ0v) is 10.8. The molecule has 2 aliphatic rings. The van der Waals surface area contributed by atoms with E-state index in [9.17, 15) is 0 Å². The van der Waals surface area contributed by atoms with Gasteiger partial charge in [0.2, 0.25) is 5.88 Å². The molecule has 0 fully saturated rings. The summed E-state index contributed by atoms with van der Waals surface area (Å²) in [5.41, 5.74) is 4.16. The Morgan fingerprint density at radius 1 is 0.895 bits per heavy atom. The molecule has 0 amide bonds. The Bertz CT molecular complexity index is 661. The van der Waals surface area contributed by atoms with Gasteiger partial charge in [0, 0.05) is 5.56 Å². The Labute approximate surface area is 111 Å². The largest absolute Gasteiger partial charge is 0.480 e. The Balaban J connectivity index is 2.21. The van der Waals surface area contributed by atoms with Crippen molar-refractivity contribution < 1.29 is 9.47 Å². The summed E-state index contributed by atoms with van der Waals surface area (Å²) in [7, 11) is 3.19. The number of ether oxygens (including phenoxy) is 2. The maximum atomic E-state index is 5.31. The van der Waals surface area contributed by atoms with Crippen molar-refractivity contribution in [1.82, 2.24) is 9.97 Å². The first-order chi connectivity index (χ1) is 9.33. The molecule has 0 bridgehead atoms. The van der Waals surface area contributed by atoms with Crippen LogP contribution in [0.15, 0.2) is 42.5 Å². The van der Waals surface area contributed by atoms with Gasteiger partial charge >= 0.3 is 0 Å². The van der Waals surface area contributed by atoms with Gasteiger partial charge in [-0.1, -0.05) is 36.4 Å². The highest BCUT2D eigenvalue weighted by Gasteiger charge is 2.18. The van der Waals surface area contributed by atoms with Gasteiger partial charge in [0.1, 0.15) is 0 Å². The average molecular weight is 254 g/mol. The summed E-state index contributed by atoms with van der Waals surface area (Å²) in [5, 5.41) is 0. The van der Waals surface area contributed by atoms with Gasteiger partial charge in [0.25, 0.3) is 6.01 Å². The van der Waals surface area contributed by atoms with E-state index < -0.39 is 0 Å². The summed E-state index contributed by atoms with van der Waals surface area (Å²) in [4.78, 5) is 7.43. The molecule has 0 unspecified atom stereocenters. The number of aromatic amines is 1. The fourth-order valence-corrected chi connectivity index (χ4v) is 2.19. The monoisotopic (exact) mass is 254 g/mol. The first-order valence-corrected chi connectivity index (χ1v) is 5.99. The number of nitrogens with zero attached hydrogens (tertiary/aromatic N) is 1. The maximum absolute atomic E-state index is 5.31. The quantitative estimate of drug-likeness (QED) is 0.780. The molecule has 1 aromatic carbocycles. The number of aromatic nitrogens is 2. The third kappa shape index (κ3) is 1.91. The highest BCUT2D eigenvalue weighted by molar-refractivity contribution is 5.86. The van der Waals surface area contributed by atoms with E-state index in [0.717, 1.165) is 22.4 Å². The lowest BCUT2D eigenvalue weighted by atomic mass is 10.1. The molecule has 4 heteroatoms. The molecular weight excluding hydrogens is 240 g/mol. The number of hydrogen-bond acceptors (Lipinski definition) is 3. The van der Waals surface area contributed by atoms with Gasteiger partial charge in [-0.05, 0) is 11.6 Å². The van der Waals surface area contributed by atoms with Crippen molar-refractivity contribution >= 4 is 0 Å². The molecule has 4 nitrogen and oxygen atoms in total. The summed E-state index contributed by atoms with van der Waals surface area (Å²) in [6.45, 7) is 0. The van der Waals surface area contributed by atoms with Gasteiger partial charge < -0.3 is 14.5 Å². The highest BCUT2D eigenvalue weighted by atomic mass is 16.5. The molecule has 1 heterocycles. The van der Waals surface area contributed by atoms with Gasteiger partial charge in [-0.2, -0.15) is 4.98 Å². The van der Waals surface area contributed by atoms with Crippen LogP contribution < -0.4 is 9.47 Å². The average Bonchev–Trinajstić information content (AvgIpc) is 2.90. The molecule has 0 radical (unpaired) electrons. The second kappa shape index (κ2) is 4.65. The topological polar surface area (TPSA) is 47.1 Å². The number of nitrogens with one attached hydrogen (secondary N) is 1. The van der Waals surface area contributed by atoms with Crippen LogP contribution in [0.25, 0.3) is 22.4 Å². The predicted molar refractivity (Wildman–Crippen MR) is 73.7 cm³/mol. The van der Waals surface area contributed by atoms with Gasteiger partial charge in [-0.3, -0.25) is 0 Å². The molecule has 1 aliphatic carbocycles. The first kappa shape index (κ1) is 11.6. The summed E-state index contributed by atoms with van der Waals surface area (Å²) < 4.78 is 10.5. The fourth-order valence-electron chi connectivity index (χ4n) is 2.19. The van der Waals surface area contributed by atoms with Gasteiger partial charge in [0.15, 0.2) is 0 Å². The van der Waals surface area contributed by atoms with Crippen LogP contribution in [0.1, 0.15) is 0 Å². The first-order valence-electron chi connectivity index (χ1n) is 5.99. The Morgan fingerprint density at radius 2 is 1.63 bits per heavy atom. The molecule has 0 atom stereocenters. The van der Waals surface area contributed by atoms with E-state index in [1.54, 1.807) is 14.2 Å². The Hall–Kier alpha value is -2.49. The molecule has 0 spiro atoms. The van der Waals surface area contributed by atoms with Crippen LogP contribution in [0, 0.1) is 0 Å². The zero-order valence-electron chi connectivity index (χ0n) is 10.8. The molecule has 0 aromatic heterocycles. The number of methoxy groups -OCH3 is 2. The van der Waals surface area contributed by atoms with Crippen molar-refractivity contribution in [3.8, 4) is 34.3 Å². The highest BCUT2D eigenvalue weighted by Crippen LogP contribution is 2.39. The molecular formula is C15H14N2O2. The number of fused-ring (bicyclic) bond motifs is 1. The van der Waals surface area contributed by atoms with Gasteiger partial charge in [-0.15, -0.1) is 0 Å². The number of rotatable bonds is 3. The van der Waals surface area contributed by atoms with Crippen LogP contribution in [-0.4, -0.2) is 24.2 Å². The summed E-state index contributed by atoms with van der Waals surface area (Å²) in [6, 6.07) is 14.7. The van der Waals surface area contributed by atoms with Gasteiger partial charge in [0.05, 0.1) is 25.5 Å². The molecule has 3 rings (SSSR count). The lowest BCUT2D eigenvalue weighted by Gasteiger charge is -2.11. The van der Waals surface area contributed by atoms with Crippen molar-refractivity contribution in [2.24, 2.45) is 0 Å². The second-order valence-corrected chi connectivity index (χ2v) is 4.16. The molecule has 1 aromatic rings. The zero-order chi connectivity index (χ0) is 13.2. The Kier molecular flexibility index (Phi) is 2.83. The van der Waals surface area contributed by atoms with Crippen LogP contribution in [0.4, 0.5) is 0 Å². The molecule has 0 saturated heterocycles. The van der Waals surface area contributed by atoms with Crippen LogP contribution in [0.2, 0.25) is 0 Å². The number of hydrogen-bond donors (Lipinski definition) is 1. The minimum atomic E-state index is 0.438. The summed E-state index contributed by atoms with van der Waals surface area (Å²) in [6.07, 6.45) is 0. The molecule has 1 aliphatic heterocycles. The fraction of sp³-hybridized carbons (Fsp3) is 0.133. The van der Waals surface area contributed by atoms with E-state index in [2.05, 4.69) is 28.2 Å². The van der Waals surface area contributed by atoms with Gasteiger partial charge in [-0.25, -0.2) is 0 Å². The standard InChI is InChI=1S/C15H14N2O2/c1-18-14-12-9-8-11(10-6-4-3-5-7-10)13(12)16-15(17-14)19-2/h3-9H,1-2H3,(H,16,17). The van der Waals surface area contributed by atoms with Crippen LogP contribution in [0.5, 0.6) is 11.9 Å². The smallest absolute Gasteiger partial charge is 0.297 e. The van der Waals surface area contributed by atoms with Crippen molar-refractivity contribution in [2.45, 2.75) is 0 Å². The third-order valence-corrected chi connectivity index (χ3v) is 3.09. The lowest BCUT2D eigenvalue weighted by Crippen LogP contribution is -1.99. The number of benzene rings is 1. The van der Waals surface area contributed by atoms with E-state index in [1.807, 2.05) is 24.3 Å². The minimum Gasteiger partial charge on any atom is -0.480 e. The maximum Gasteiger partial charge on any atom is 0.297 e. The lowest BCUT2D eigenvalue weighted by molar-refractivity contribution is 0.353. The molecule has 19 heavy (non-hydrogen) atoms. The third-order valence-electron chi connectivity index (χ3n) is 3.09. The molecule has 96 valence electrons. The van der Waals surface area contributed by atoms with Crippen molar-refractivity contribution in [3.05, 3.63) is 42.5 Å². The molecule has 1 N–H and O–H groups in total. The predicted octanol–water partition coefficient (Wildman–Crippen LogP) is 3.20. The van der Waals surface area contributed by atoms with E-state index in [-0.39, 0.29) is 0 Å². The van der Waals surface area contributed by atoms with Crippen LogP contribution >= 0.6 is 0 Å². The van der Waals surface area contributed by atoms with Crippen LogP contribution in [0.3, 0.4) is 0 Å². The second-order valence-electron chi connectivity index (χ2n) is 4.16. The number of H-pyrrole nitrogens is 1. The van der Waals surface area contributed by atoms with Crippen LogP contribution in [-0.2, 0) is 0 Å². The summed E-state index contributed by atoms with van der Waals surface area (Å²) in [5.74, 6) is 0.563. The normalized spacial score (nSPS) is 10.6. The van der Waals surface area contributed by atoms with E-state index in [0.29, 0.717) is 11.9 Å². The minimum absolute atomic E-state index is 0.438. The Morgan fingerprint density at radius 3 is 2.32 bits per heavy atom. The van der Waals surface area contributed by atoms with Crippen molar-refractivity contribution in [2.75, 3.05) is 14.2 Å². The van der Waals surface area contributed by atoms with E-state index in [1.165, 1.54) is 0 Å². The van der Waals surface area contributed by atoms with Crippen molar-refractivity contribution in [3.63, 3.8) is 0 Å².